The van der Waals surface area contributed by atoms with E-state index in [9.17, 15) is 0 Å². The second-order valence-electron chi connectivity index (χ2n) is 7.15. The summed E-state index contributed by atoms with van der Waals surface area (Å²) in [6, 6.07) is 11.2. The lowest BCUT2D eigenvalue weighted by molar-refractivity contribution is 0.126. The van der Waals surface area contributed by atoms with Crippen LogP contribution in [0, 0.1) is 0 Å². The summed E-state index contributed by atoms with van der Waals surface area (Å²) in [5.41, 5.74) is 7.38. The number of hydrogen-bond donors (Lipinski definition) is 1. The van der Waals surface area contributed by atoms with Crippen molar-refractivity contribution in [2.24, 2.45) is 5.73 Å². The van der Waals surface area contributed by atoms with Crippen LogP contribution in [0.3, 0.4) is 0 Å². The van der Waals surface area contributed by atoms with Gasteiger partial charge in [0.1, 0.15) is 0 Å². The summed E-state index contributed by atoms with van der Waals surface area (Å²) in [6.07, 6.45) is 11.1. The number of rotatable bonds is 12. The Kier molecular flexibility index (Phi) is 10.1. The second kappa shape index (κ2) is 12.5. The van der Waals surface area contributed by atoms with Crippen molar-refractivity contribution in [1.82, 2.24) is 4.90 Å². The molecule has 0 spiro atoms. The molecule has 1 fully saturated rings. The lowest BCUT2D eigenvalue weighted by Gasteiger charge is -2.29. The quantitative estimate of drug-likeness (QED) is 0.588. The van der Waals surface area contributed by atoms with Crippen LogP contribution in [-0.2, 0) is 11.2 Å². The Bertz CT molecular complexity index is 402. The van der Waals surface area contributed by atoms with Crippen LogP contribution < -0.4 is 5.73 Å². The summed E-state index contributed by atoms with van der Waals surface area (Å²) in [7, 11) is 0. The van der Waals surface area contributed by atoms with Gasteiger partial charge in [-0.2, -0.15) is 0 Å². The Morgan fingerprint density at radius 3 is 2.29 bits per heavy atom. The highest BCUT2D eigenvalue weighted by Crippen LogP contribution is 2.10. The lowest BCUT2D eigenvalue weighted by atomic mass is 10.1. The molecule has 1 heterocycles. The van der Waals surface area contributed by atoms with Gasteiger partial charge in [-0.3, -0.25) is 0 Å². The van der Waals surface area contributed by atoms with Gasteiger partial charge < -0.3 is 15.4 Å². The minimum atomic E-state index is 0.450. The fourth-order valence-electron chi connectivity index (χ4n) is 3.35. The predicted molar refractivity (Wildman–Crippen MR) is 102 cm³/mol. The van der Waals surface area contributed by atoms with Gasteiger partial charge in [0, 0.05) is 19.3 Å². The SMILES string of the molecule is NC1CCN(CCCCCCOCCCCc2ccccc2)CC1. The number of nitrogens with zero attached hydrogens (tertiary/aromatic N) is 1. The van der Waals surface area contributed by atoms with Crippen molar-refractivity contribution in [3.8, 4) is 0 Å². The van der Waals surface area contributed by atoms with Crippen LogP contribution in [0.5, 0.6) is 0 Å². The van der Waals surface area contributed by atoms with Crippen molar-refractivity contribution in [2.75, 3.05) is 32.8 Å². The normalized spacial score (nSPS) is 16.5. The molecule has 1 saturated heterocycles. The standard InChI is InChI=1S/C21H36N2O/c22-21-13-16-23(17-14-21)15-7-1-2-8-18-24-19-9-6-12-20-10-4-3-5-11-20/h3-5,10-11,21H,1-2,6-9,12-19,22H2. The summed E-state index contributed by atoms with van der Waals surface area (Å²) < 4.78 is 5.76. The molecule has 3 nitrogen and oxygen atoms in total. The maximum atomic E-state index is 5.94. The third-order valence-electron chi connectivity index (χ3n) is 4.99. The number of piperidine rings is 1. The van der Waals surface area contributed by atoms with Crippen molar-refractivity contribution in [3.05, 3.63) is 35.9 Å². The predicted octanol–water partition coefficient (Wildman–Crippen LogP) is 4.01. The molecule has 0 atom stereocenters. The minimum absolute atomic E-state index is 0.450. The van der Waals surface area contributed by atoms with E-state index in [0.29, 0.717) is 6.04 Å². The van der Waals surface area contributed by atoms with Gasteiger partial charge in [0.2, 0.25) is 0 Å². The number of ether oxygens (including phenoxy) is 1. The third-order valence-corrected chi connectivity index (χ3v) is 4.99. The molecule has 0 bridgehead atoms. The van der Waals surface area contributed by atoms with Gasteiger partial charge >= 0.3 is 0 Å². The molecule has 1 aliphatic rings. The fraction of sp³-hybridized carbons (Fsp3) is 0.714. The van der Waals surface area contributed by atoms with Crippen LogP contribution >= 0.6 is 0 Å². The van der Waals surface area contributed by atoms with Crippen LogP contribution in [-0.4, -0.2) is 43.8 Å². The van der Waals surface area contributed by atoms with E-state index in [4.69, 9.17) is 10.5 Å². The van der Waals surface area contributed by atoms with Gasteiger partial charge in [0.25, 0.3) is 0 Å². The number of nitrogens with two attached hydrogens (primary N) is 1. The number of hydrogen-bond acceptors (Lipinski definition) is 3. The molecule has 1 aliphatic heterocycles. The maximum Gasteiger partial charge on any atom is 0.0466 e. The highest BCUT2D eigenvalue weighted by Gasteiger charge is 2.14. The monoisotopic (exact) mass is 332 g/mol. The van der Waals surface area contributed by atoms with Crippen LogP contribution in [0.1, 0.15) is 56.9 Å². The van der Waals surface area contributed by atoms with Crippen molar-refractivity contribution in [1.29, 1.82) is 0 Å². The van der Waals surface area contributed by atoms with E-state index in [1.807, 2.05) is 0 Å². The van der Waals surface area contributed by atoms with Gasteiger partial charge in [-0.15, -0.1) is 0 Å². The molecule has 0 saturated carbocycles. The average molecular weight is 333 g/mol. The smallest absolute Gasteiger partial charge is 0.0466 e. The van der Waals surface area contributed by atoms with E-state index >= 15 is 0 Å². The molecule has 3 heteroatoms. The Hall–Kier alpha value is -0.900. The molecule has 0 amide bonds. The van der Waals surface area contributed by atoms with Gasteiger partial charge in [-0.1, -0.05) is 43.2 Å². The van der Waals surface area contributed by atoms with Gasteiger partial charge in [-0.25, -0.2) is 0 Å². The number of likely N-dealkylation sites (tertiary alicyclic amines) is 1. The van der Waals surface area contributed by atoms with Gasteiger partial charge in [-0.05, 0) is 70.1 Å². The first-order valence-corrected chi connectivity index (χ1v) is 9.94. The Labute approximate surface area is 148 Å². The summed E-state index contributed by atoms with van der Waals surface area (Å²) >= 11 is 0. The van der Waals surface area contributed by atoms with Crippen molar-refractivity contribution in [3.63, 3.8) is 0 Å². The van der Waals surface area contributed by atoms with E-state index in [1.54, 1.807) is 0 Å². The number of benzene rings is 1. The molecule has 2 rings (SSSR count). The zero-order chi connectivity index (χ0) is 16.9. The van der Waals surface area contributed by atoms with E-state index in [2.05, 4.69) is 35.2 Å². The van der Waals surface area contributed by atoms with E-state index in [0.717, 1.165) is 13.2 Å². The summed E-state index contributed by atoms with van der Waals surface area (Å²) in [5.74, 6) is 0. The van der Waals surface area contributed by atoms with Gasteiger partial charge in [0.05, 0.1) is 0 Å². The topological polar surface area (TPSA) is 38.5 Å². The second-order valence-corrected chi connectivity index (χ2v) is 7.15. The van der Waals surface area contributed by atoms with Crippen molar-refractivity contribution < 1.29 is 4.74 Å². The molecule has 1 aromatic rings. The minimum Gasteiger partial charge on any atom is -0.381 e. The average Bonchev–Trinajstić information content (AvgIpc) is 2.62. The molecule has 0 radical (unpaired) electrons. The summed E-state index contributed by atoms with van der Waals surface area (Å²) in [6.45, 7) is 5.51. The lowest BCUT2D eigenvalue weighted by Crippen LogP contribution is -2.39. The van der Waals surface area contributed by atoms with E-state index in [1.165, 1.54) is 83.0 Å². The van der Waals surface area contributed by atoms with Crippen LogP contribution in [0.2, 0.25) is 0 Å². The van der Waals surface area contributed by atoms with Crippen LogP contribution in [0.4, 0.5) is 0 Å². The Morgan fingerprint density at radius 1 is 0.875 bits per heavy atom. The summed E-state index contributed by atoms with van der Waals surface area (Å²) in [5, 5.41) is 0. The van der Waals surface area contributed by atoms with Crippen molar-refractivity contribution >= 4 is 0 Å². The largest absolute Gasteiger partial charge is 0.381 e. The third kappa shape index (κ3) is 8.81. The van der Waals surface area contributed by atoms with Gasteiger partial charge in [0.15, 0.2) is 0 Å². The zero-order valence-electron chi connectivity index (χ0n) is 15.3. The zero-order valence-corrected chi connectivity index (χ0v) is 15.3. The van der Waals surface area contributed by atoms with Crippen LogP contribution in [0.15, 0.2) is 30.3 Å². The fourth-order valence-corrected chi connectivity index (χ4v) is 3.35. The first kappa shape index (κ1) is 19.4. The van der Waals surface area contributed by atoms with Crippen molar-refractivity contribution in [2.45, 2.75) is 63.8 Å². The molecule has 1 aromatic carbocycles. The van der Waals surface area contributed by atoms with E-state index in [-0.39, 0.29) is 0 Å². The molecular weight excluding hydrogens is 296 g/mol. The maximum absolute atomic E-state index is 5.94. The highest BCUT2D eigenvalue weighted by atomic mass is 16.5. The molecule has 0 aliphatic carbocycles. The van der Waals surface area contributed by atoms with E-state index < -0.39 is 0 Å². The molecule has 2 N–H and O–H groups in total. The summed E-state index contributed by atoms with van der Waals surface area (Å²) in [4.78, 5) is 2.58. The highest BCUT2D eigenvalue weighted by molar-refractivity contribution is 5.14. The Morgan fingerprint density at radius 2 is 1.54 bits per heavy atom. The molecule has 0 unspecified atom stereocenters. The Balaban J connectivity index is 1.31. The van der Waals surface area contributed by atoms with Crippen LogP contribution in [0.25, 0.3) is 0 Å². The molecular formula is C21H36N2O. The number of aryl methyl sites for hydroxylation is 1. The first-order chi connectivity index (χ1) is 11.8. The molecule has 136 valence electrons. The first-order valence-electron chi connectivity index (χ1n) is 9.94. The molecule has 24 heavy (non-hydrogen) atoms. The molecule has 0 aromatic heterocycles. The number of unbranched alkanes of at least 4 members (excludes halogenated alkanes) is 4.